The molecule has 1 aromatic heterocycles. The number of benzene rings is 1. The van der Waals surface area contributed by atoms with E-state index in [0.717, 1.165) is 29.4 Å². The molecule has 2 rings (SSSR count). The molecule has 0 bridgehead atoms. The van der Waals surface area contributed by atoms with Gasteiger partial charge in [-0.05, 0) is 30.9 Å². The molecule has 7 nitrogen and oxygen atoms in total. The number of carbonyl (C=O) groups is 2. The van der Waals surface area contributed by atoms with E-state index in [0.29, 0.717) is 12.8 Å². The summed E-state index contributed by atoms with van der Waals surface area (Å²) in [4.78, 5) is 23.3. The van der Waals surface area contributed by atoms with Gasteiger partial charge in [0.15, 0.2) is 0 Å². The van der Waals surface area contributed by atoms with Gasteiger partial charge < -0.3 is 10.6 Å². The summed E-state index contributed by atoms with van der Waals surface area (Å²) in [5, 5.41) is 16.1. The summed E-state index contributed by atoms with van der Waals surface area (Å²) in [7, 11) is 1.57. The molecule has 1 heterocycles. The summed E-state index contributed by atoms with van der Waals surface area (Å²) in [5.74, 6) is -0.284. The van der Waals surface area contributed by atoms with Crippen molar-refractivity contribution in [3.05, 3.63) is 23.8 Å². The highest BCUT2D eigenvalue weighted by Gasteiger charge is 2.18. The Hall–Kier alpha value is -2.44. The number of H-pyrrole nitrogens is 1. The second-order valence-corrected chi connectivity index (χ2v) is 5.11. The molecule has 0 saturated heterocycles. The average molecular weight is 303 g/mol. The minimum Gasteiger partial charge on any atom is -0.357 e. The third-order valence-electron chi connectivity index (χ3n) is 3.60. The number of nitrogens with zero attached hydrogens (tertiary/aromatic N) is 2. The van der Waals surface area contributed by atoms with E-state index in [-0.39, 0.29) is 11.8 Å². The van der Waals surface area contributed by atoms with Crippen molar-refractivity contribution in [3.63, 3.8) is 0 Å². The second kappa shape index (κ2) is 7.53. The first kappa shape index (κ1) is 15.9. The predicted octanol–water partition coefficient (Wildman–Crippen LogP) is 0.921. The minimum absolute atomic E-state index is 0.118. The number of likely N-dealkylation sites (N-methyl/N-ethyl adjacent to an activating group) is 1. The number of amides is 2. The molecule has 3 N–H and O–H groups in total. The zero-order chi connectivity index (χ0) is 15.9. The van der Waals surface area contributed by atoms with Crippen LogP contribution in [0.4, 0.5) is 0 Å². The molecule has 1 aromatic carbocycles. The average Bonchev–Trinajstić information content (AvgIpc) is 3.02. The summed E-state index contributed by atoms with van der Waals surface area (Å²) in [6.45, 7) is 1.77. The fraction of sp³-hybridized carbons (Fsp3) is 0.467. The Morgan fingerprint density at radius 2 is 2.18 bits per heavy atom. The molecule has 2 amide bonds. The molecule has 0 aliphatic rings. The molecule has 0 spiro atoms. The van der Waals surface area contributed by atoms with Crippen LogP contribution < -0.4 is 10.6 Å². The normalized spacial score (nSPS) is 12.1. The summed E-state index contributed by atoms with van der Waals surface area (Å²) in [5.41, 5.74) is 2.85. The van der Waals surface area contributed by atoms with E-state index in [4.69, 9.17) is 0 Å². The van der Waals surface area contributed by atoms with E-state index in [1.165, 1.54) is 0 Å². The van der Waals surface area contributed by atoms with Crippen molar-refractivity contribution in [1.82, 2.24) is 26.0 Å². The van der Waals surface area contributed by atoms with Gasteiger partial charge >= 0.3 is 0 Å². The van der Waals surface area contributed by atoms with E-state index in [9.17, 15) is 9.59 Å². The Labute approximate surface area is 128 Å². The fourth-order valence-corrected chi connectivity index (χ4v) is 2.37. The minimum atomic E-state index is -0.492. The highest BCUT2D eigenvalue weighted by atomic mass is 16.2. The Morgan fingerprint density at radius 3 is 2.91 bits per heavy atom. The molecule has 22 heavy (non-hydrogen) atoms. The first-order valence-electron chi connectivity index (χ1n) is 7.45. The van der Waals surface area contributed by atoms with Gasteiger partial charge in [-0.25, -0.2) is 0 Å². The lowest BCUT2D eigenvalue weighted by Crippen LogP contribution is -2.45. The number of aryl methyl sites for hydroxylation is 1. The SMILES string of the molecule is CCC(=O)NC(CCCc1cccc2[nH]nnc12)C(=O)NC. The standard InChI is InChI=1S/C15H21N5O2/c1-3-13(21)17-12(15(22)16-2)9-5-7-10-6-4-8-11-14(10)19-20-18-11/h4,6,8,12H,3,5,7,9H2,1-2H3,(H,16,22)(H,17,21)(H,18,19,20). The lowest BCUT2D eigenvalue weighted by atomic mass is 10.0. The third kappa shape index (κ3) is 3.81. The molecule has 2 aromatic rings. The number of rotatable bonds is 7. The van der Waals surface area contributed by atoms with E-state index < -0.39 is 6.04 Å². The summed E-state index contributed by atoms with van der Waals surface area (Å²) >= 11 is 0. The Bertz CT molecular complexity index is 652. The van der Waals surface area contributed by atoms with Crippen molar-refractivity contribution in [2.45, 2.75) is 38.6 Å². The van der Waals surface area contributed by atoms with Crippen molar-refractivity contribution in [3.8, 4) is 0 Å². The van der Waals surface area contributed by atoms with Crippen LogP contribution in [0.15, 0.2) is 18.2 Å². The van der Waals surface area contributed by atoms with Crippen LogP contribution in [0, 0.1) is 0 Å². The molecule has 0 radical (unpaired) electrons. The Morgan fingerprint density at radius 1 is 1.36 bits per heavy atom. The lowest BCUT2D eigenvalue weighted by Gasteiger charge is -2.16. The highest BCUT2D eigenvalue weighted by Crippen LogP contribution is 2.16. The first-order chi connectivity index (χ1) is 10.7. The van der Waals surface area contributed by atoms with Gasteiger partial charge in [0.1, 0.15) is 11.6 Å². The van der Waals surface area contributed by atoms with Crippen LogP contribution in [0.1, 0.15) is 31.7 Å². The van der Waals surface area contributed by atoms with Crippen molar-refractivity contribution in [2.24, 2.45) is 0 Å². The summed E-state index contributed by atoms with van der Waals surface area (Å²) < 4.78 is 0. The molecule has 1 atom stereocenters. The predicted molar refractivity (Wildman–Crippen MR) is 83.1 cm³/mol. The van der Waals surface area contributed by atoms with Crippen LogP contribution in [-0.4, -0.2) is 40.3 Å². The molecule has 0 saturated carbocycles. The molecule has 0 aliphatic heterocycles. The highest BCUT2D eigenvalue weighted by molar-refractivity contribution is 5.87. The van der Waals surface area contributed by atoms with Crippen LogP contribution in [0.2, 0.25) is 0 Å². The van der Waals surface area contributed by atoms with Gasteiger partial charge in [0, 0.05) is 13.5 Å². The molecule has 0 aliphatic carbocycles. The van der Waals surface area contributed by atoms with Gasteiger partial charge in [0.25, 0.3) is 0 Å². The van der Waals surface area contributed by atoms with Gasteiger partial charge in [0.05, 0.1) is 5.52 Å². The molecule has 0 fully saturated rings. The van der Waals surface area contributed by atoms with Crippen LogP contribution in [-0.2, 0) is 16.0 Å². The van der Waals surface area contributed by atoms with Gasteiger partial charge in [-0.15, -0.1) is 5.10 Å². The maximum Gasteiger partial charge on any atom is 0.242 e. The smallest absolute Gasteiger partial charge is 0.242 e. The van der Waals surface area contributed by atoms with Crippen molar-refractivity contribution in [1.29, 1.82) is 0 Å². The zero-order valence-corrected chi connectivity index (χ0v) is 12.8. The Kier molecular flexibility index (Phi) is 5.46. The lowest BCUT2D eigenvalue weighted by molar-refractivity contribution is -0.128. The van der Waals surface area contributed by atoms with Gasteiger partial charge in [-0.1, -0.05) is 24.3 Å². The first-order valence-corrected chi connectivity index (χ1v) is 7.45. The largest absolute Gasteiger partial charge is 0.357 e. The zero-order valence-electron chi connectivity index (χ0n) is 12.8. The number of aromatic nitrogens is 3. The van der Waals surface area contributed by atoms with Crippen molar-refractivity contribution >= 4 is 22.8 Å². The number of hydrogen-bond donors (Lipinski definition) is 3. The number of carbonyl (C=O) groups excluding carboxylic acids is 2. The van der Waals surface area contributed by atoms with Crippen LogP contribution in [0.25, 0.3) is 11.0 Å². The number of hydrogen-bond acceptors (Lipinski definition) is 4. The quantitative estimate of drug-likeness (QED) is 0.708. The maximum absolute atomic E-state index is 11.8. The molecule has 118 valence electrons. The van der Waals surface area contributed by atoms with Crippen molar-refractivity contribution < 1.29 is 9.59 Å². The molecular weight excluding hydrogens is 282 g/mol. The molecular formula is C15H21N5O2. The second-order valence-electron chi connectivity index (χ2n) is 5.11. The van der Waals surface area contributed by atoms with E-state index >= 15 is 0 Å². The van der Waals surface area contributed by atoms with Gasteiger partial charge in [-0.3, -0.25) is 14.7 Å². The summed E-state index contributed by atoms with van der Waals surface area (Å²) in [6, 6.07) is 5.39. The van der Waals surface area contributed by atoms with E-state index in [2.05, 4.69) is 26.0 Å². The molecule has 7 heteroatoms. The third-order valence-corrected chi connectivity index (χ3v) is 3.60. The Balaban J connectivity index is 1.96. The fourth-order valence-electron chi connectivity index (χ4n) is 2.37. The molecule has 1 unspecified atom stereocenters. The topological polar surface area (TPSA) is 99.8 Å². The van der Waals surface area contributed by atoms with Crippen LogP contribution in [0.3, 0.4) is 0 Å². The monoisotopic (exact) mass is 303 g/mol. The number of fused-ring (bicyclic) bond motifs is 1. The number of nitrogens with one attached hydrogen (secondary N) is 3. The van der Waals surface area contributed by atoms with Crippen LogP contribution in [0.5, 0.6) is 0 Å². The maximum atomic E-state index is 11.8. The van der Waals surface area contributed by atoms with E-state index in [1.54, 1.807) is 14.0 Å². The van der Waals surface area contributed by atoms with Crippen molar-refractivity contribution in [2.75, 3.05) is 7.05 Å². The number of aromatic amines is 1. The van der Waals surface area contributed by atoms with E-state index in [1.807, 2.05) is 18.2 Å². The van der Waals surface area contributed by atoms with Gasteiger partial charge in [-0.2, -0.15) is 0 Å². The van der Waals surface area contributed by atoms with Gasteiger partial charge in [0.2, 0.25) is 11.8 Å². The summed E-state index contributed by atoms with van der Waals surface area (Å²) in [6.07, 6.45) is 2.50. The van der Waals surface area contributed by atoms with Crippen LogP contribution >= 0.6 is 0 Å².